The molecule has 1 N–H and O–H groups in total. The van der Waals surface area contributed by atoms with E-state index in [1.807, 2.05) is 13.8 Å². The van der Waals surface area contributed by atoms with Crippen LogP contribution in [-0.4, -0.2) is 30.6 Å². The molecule has 0 bridgehead atoms. The molecule has 0 atom stereocenters. The van der Waals surface area contributed by atoms with Crippen molar-refractivity contribution < 1.29 is 14.4 Å². The Morgan fingerprint density at radius 2 is 2.10 bits per heavy atom. The highest BCUT2D eigenvalue weighted by Gasteiger charge is 2.13. The van der Waals surface area contributed by atoms with E-state index in [-0.39, 0.29) is 11.6 Å². The number of hydrogen-bond donors (Lipinski definition) is 1. The normalized spacial score (nSPS) is 11.3. The van der Waals surface area contributed by atoms with Crippen LogP contribution < -0.4 is 0 Å². The number of rotatable bonds is 3. The molecular formula is C13H12N4O3. The molecule has 0 aliphatic rings. The predicted molar refractivity (Wildman–Crippen MR) is 69.5 cm³/mol. The fourth-order valence-electron chi connectivity index (χ4n) is 1.81. The van der Waals surface area contributed by atoms with Crippen LogP contribution in [0.4, 0.5) is 0 Å². The maximum Gasteiger partial charge on any atom is 0.356 e. The molecule has 0 spiro atoms. The number of carboxylic acid groups (broad SMARTS) is 1. The third-order valence-electron chi connectivity index (χ3n) is 2.86. The first kappa shape index (κ1) is 12.3. The van der Waals surface area contributed by atoms with E-state index >= 15 is 0 Å². The second-order valence-corrected chi connectivity index (χ2v) is 4.73. The van der Waals surface area contributed by atoms with Crippen molar-refractivity contribution in [3.63, 3.8) is 0 Å². The molecule has 0 amide bonds. The average molecular weight is 272 g/mol. The smallest absolute Gasteiger partial charge is 0.356 e. The number of nitrogens with zero attached hydrogens (tertiary/aromatic N) is 4. The fourth-order valence-corrected chi connectivity index (χ4v) is 1.81. The molecule has 0 radical (unpaired) electrons. The lowest BCUT2D eigenvalue weighted by atomic mass is 10.2. The summed E-state index contributed by atoms with van der Waals surface area (Å²) in [5, 5.41) is 12.8. The van der Waals surface area contributed by atoms with Gasteiger partial charge in [-0.3, -0.25) is 0 Å². The summed E-state index contributed by atoms with van der Waals surface area (Å²) in [4.78, 5) is 19.2. The quantitative estimate of drug-likeness (QED) is 0.785. The largest absolute Gasteiger partial charge is 0.476 e. The molecular weight excluding hydrogens is 260 g/mol. The minimum absolute atomic E-state index is 0.00173. The molecule has 0 aliphatic carbocycles. The van der Waals surface area contributed by atoms with Crippen molar-refractivity contribution in [2.24, 2.45) is 0 Å². The van der Waals surface area contributed by atoms with E-state index in [4.69, 9.17) is 9.63 Å². The van der Waals surface area contributed by atoms with Gasteiger partial charge in [0.25, 0.3) is 0 Å². The number of pyridine rings is 1. The van der Waals surface area contributed by atoms with Gasteiger partial charge < -0.3 is 14.0 Å². The monoisotopic (exact) mass is 272 g/mol. The van der Waals surface area contributed by atoms with E-state index in [1.165, 1.54) is 6.20 Å². The molecule has 0 fully saturated rings. The number of imidazole rings is 1. The van der Waals surface area contributed by atoms with Crippen LogP contribution in [0.2, 0.25) is 0 Å². The second-order valence-electron chi connectivity index (χ2n) is 4.73. The van der Waals surface area contributed by atoms with Crippen LogP contribution in [0.3, 0.4) is 0 Å². The molecule has 0 saturated carbocycles. The zero-order valence-corrected chi connectivity index (χ0v) is 10.9. The molecule has 3 aromatic heterocycles. The van der Waals surface area contributed by atoms with Crippen LogP contribution in [0.5, 0.6) is 0 Å². The molecule has 102 valence electrons. The molecule has 20 heavy (non-hydrogen) atoms. The lowest BCUT2D eigenvalue weighted by Gasteiger charge is -1.96. The van der Waals surface area contributed by atoms with Gasteiger partial charge in [0.05, 0.1) is 0 Å². The van der Waals surface area contributed by atoms with E-state index in [2.05, 4.69) is 15.1 Å². The van der Waals surface area contributed by atoms with Gasteiger partial charge in [0.1, 0.15) is 5.65 Å². The molecule has 0 unspecified atom stereocenters. The van der Waals surface area contributed by atoms with E-state index in [1.54, 1.807) is 22.7 Å². The number of carbonyl (C=O) groups is 1. The zero-order chi connectivity index (χ0) is 14.3. The van der Waals surface area contributed by atoms with Crippen LogP contribution in [0.25, 0.3) is 17.0 Å². The van der Waals surface area contributed by atoms with E-state index in [9.17, 15) is 4.79 Å². The average Bonchev–Trinajstić information content (AvgIpc) is 3.04. The van der Waals surface area contributed by atoms with Crippen LogP contribution in [0, 0.1) is 0 Å². The first-order valence-corrected chi connectivity index (χ1v) is 6.10. The SMILES string of the molecule is CC(C)c1nc(-c2ccc3nc(C(=O)O)cn3c2)no1. The van der Waals surface area contributed by atoms with Crippen molar-refractivity contribution in [3.05, 3.63) is 36.1 Å². The van der Waals surface area contributed by atoms with Crippen molar-refractivity contribution in [1.82, 2.24) is 19.5 Å². The van der Waals surface area contributed by atoms with Gasteiger partial charge in [-0.05, 0) is 12.1 Å². The Labute approximate surface area is 113 Å². The summed E-state index contributed by atoms with van der Waals surface area (Å²) in [6, 6.07) is 3.50. The molecule has 7 nitrogen and oxygen atoms in total. The van der Waals surface area contributed by atoms with Crippen molar-refractivity contribution in [2.75, 3.05) is 0 Å². The van der Waals surface area contributed by atoms with Crippen molar-refractivity contribution in [1.29, 1.82) is 0 Å². The number of aromatic nitrogens is 4. The number of aromatic carboxylic acids is 1. The van der Waals surface area contributed by atoms with Crippen molar-refractivity contribution >= 4 is 11.6 Å². The van der Waals surface area contributed by atoms with E-state index < -0.39 is 5.97 Å². The van der Waals surface area contributed by atoms with Gasteiger partial charge in [0.2, 0.25) is 11.7 Å². The highest BCUT2D eigenvalue weighted by Crippen LogP contribution is 2.20. The molecule has 3 rings (SSSR count). The van der Waals surface area contributed by atoms with Crippen molar-refractivity contribution in [2.45, 2.75) is 19.8 Å². The van der Waals surface area contributed by atoms with Gasteiger partial charge in [-0.25, -0.2) is 9.78 Å². The molecule has 3 heterocycles. The maximum atomic E-state index is 10.9. The van der Waals surface area contributed by atoms with Crippen molar-refractivity contribution in [3.8, 4) is 11.4 Å². The lowest BCUT2D eigenvalue weighted by Crippen LogP contribution is -1.94. The molecule has 0 aliphatic heterocycles. The van der Waals surface area contributed by atoms with Gasteiger partial charge in [-0.15, -0.1) is 0 Å². The van der Waals surface area contributed by atoms with Crippen LogP contribution in [0.1, 0.15) is 36.1 Å². The summed E-state index contributed by atoms with van der Waals surface area (Å²) in [7, 11) is 0. The Morgan fingerprint density at radius 1 is 1.30 bits per heavy atom. The predicted octanol–water partition coefficient (Wildman–Crippen LogP) is 2.21. The van der Waals surface area contributed by atoms with Gasteiger partial charge in [0, 0.05) is 23.9 Å². The van der Waals surface area contributed by atoms with E-state index in [0.717, 1.165) is 5.56 Å². The lowest BCUT2D eigenvalue weighted by molar-refractivity contribution is 0.0691. The number of carboxylic acids is 1. The second kappa shape index (κ2) is 4.44. The minimum atomic E-state index is -1.06. The maximum absolute atomic E-state index is 10.9. The highest BCUT2D eigenvalue weighted by atomic mass is 16.5. The minimum Gasteiger partial charge on any atom is -0.476 e. The Bertz CT molecular complexity index is 788. The summed E-state index contributed by atoms with van der Waals surface area (Å²) in [5.41, 5.74) is 1.29. The Kier molecular flexibility index (Phi) is 2.74. The van der Waals surface area contributed by atoms with Gasteiger partial charge >= 0.3 is 5.97 Å². The molecule has 0 saturated heterocycles. The summed E-state index contributed by atoms with van der Waals surface area (Å²) >= 11 is 0. The molecule has 3 aromatic rings. The van der Waals surface area contributed by atoms with Crippen LogP contribution >= 0.6 is 0 Å². The summed E-state index contributed by atoms with van der Waals surface area (Å²) in [5.74, 6) is 0.141. The van der Waals surface area contributed by atoms with Crippen LogP contribution in [-0.2, 0) is 0 Å². The van der Waals surface area contributed by atoms with Crippen LogP contribution in [0.15, 0.2) is 29.0 Å². The summed E-state index contributed by atoms with van der Waals surface area (Å²) in [6.45, 7) is 3.94. The van der Waals surface area contributed by atoms with E-state index in [0.29, 0.717) is 17.4 Å². The Morgan fingerprint density at radius 3 is 2.75 bits per heavy atom. The third-order valence-corrected chi connectivity index (χ3v) is 2.86. The fraction of sp³-hybridized carbons (Fsp3) is 0.231. The highest BCUT2D eigenvalue weighted by molar-refractivity contribution is 5.86. The topological polar surface area (TPSA) is 93.5 Å². The molecule has 7 heteroatoms. The Hall–Kier alpha value is -2.70. The first-order chi connectivity index (χ1) is 9.54. The summed E-state index contributed by atoms with van der Waals surface area (Å²) in [6.07, 6.45) is 3.17. The van der Waals surface area contributed by atoms with Gasteiger partial charge in [-0.2, -0.15) is 4.98 Å². The number of fused-ring (bicyclic) bond motifs is 1. The number of hydrogen-bond acceptors (Lipinski definition) is 5. The van der Waals surface area contributed by atoms with Gasteiger partial charge in [-0.1, -0.05) is 19.0 Å². The third kappa shape index (κ3) is 2.03. The standard InChI is InChI=1S/C13H12N4O3/c1-7(2)12-15-11(16-20-12)8-3-4-10-14-9(13(18)19)6-17(10)5-8/h3-7H,1-2H3,(H,18,19). The zero-order valence-electron chi connectivity index (χ0n) is 10.9. The molecule has 0 aromatic carbocycles. The summed E-state index contributed by atoms with van der Waals surface area (Å²) < 4.78 is 6.79. The first-order valence-electron chi connectivity index (χ1n) is 6.10. The van der Waals surface area contributed by atoms with Gasteiger partial charge in [0.15, 0.2) is 5.69 Å². The Balaban J connectivity index is 2.05.